The highest BCUT2D eigenvalue weighted by Gasteiger charge is 2.61. The summed E-state index contributed by atoms with van der Waals surface area (Å²) in [5.41, 5.74) is 0.142. The van der Waals surface area contributed by atoms with Crippen molar-refractivity contribution in [3.8, 4) is 0 Å². The standard InChI is InChI=1S/C23H37N3O2/c1-21(2,3)25-19(27)14-26-6-4-22(5-7-26)13-18(22)24-20(28)23-10-15-8-16(11-23)17(9-15)12-23/h15-18H,4-14H2,1-3H3,(H,24,28)(H,25,27). The van der Waals surface area contributed by atoms with Crippen LogP contribution in [-0.2, 0) is 9.59 Å². The first-order valence-corrected chi connectivity index (χ1v) is 11.5. The van der Waals surface area contributed by atoms with Crippen LogP contribution in [0.1, 0.15) is 72.1 Å². The van der Waals surface area contributed by atoms with Gasteiger partial charge in [-0.05, 0) is 108 Å². The number of carbonyl (C=O) groups excluding carboxylic acids is 2. The largest absolute Gasteiger partial charge is 0.352 e. The van der Waals surface area contributed by atoms with Gasteiger partial charge in [0.1, 0.15) is 0 Å². The van der Waals surface area contributed by atoms with Gasteiger partial charge in [-0.1, -0.05) is 0 Å². The van der Waals surface area contributed by atoms with Crippen LogP contribution in [0, 0.1) is 28.6 Å². The zero-order chi connectivity index (χ0) is 19.7. The maximum atomic E-state index is 13.2. The molecule has 6 aliphatic rings. The Morgan fingerprint density at radius 3 is 2.21 bits per heavy atom. The molecule has 1 aliphatic heterocycles. The second-order valence-corrected chi connectivity index (χ2v) is 11.9. The first-order chi connectivity index (χ1) is 13.2. The molecule has 2 amide bonds. The lowest BCUT2D eigenvalue weighted by molar-refractivity contribution is -0.134. The molecule has 5 nitrogen and oxygen atoms in total. The third-order valence-corrected chi connectivity index (χ3v) is 8.63. The van der Waals surface area contributed by atoms with Gasteiger partial charge in [-0.3, -0.25) is 14.5 Å². The average Bonchev–Trinajstić information content (AvgIpc) is 3.07. The fourth-order valence-corrected chi connectivity index (χ4v) is 7.32. The molecular weight excluding hydrogens is 350 g/mol. The molecule has 0 radical (unpaired) electrons. The minimum Gasteiger partial charge on any atom is -0.352 e. The quantitative estimate of drug-likeness (QED) is 0.780. The monoisotopic (exact) mass is 387 g/mol. The van der Waals surface area contributed by atoms with Gasteiger partial charge >= 0.3 is 0 Å². The zero-order valence-electron chi connectivity index (χ0n) is 17.9. The Kier molecular flexibility index (Phi) is 4.18. The fraction of sp³-hybridized carbons (Fsp3) is 0.913. The SMILES string of the molecule is CC(C)(C)NC(=O)CN1CCC2(CC1)CC2NC(=O)C12CC3CC(C1)C(C3)C2. The van der Waals surface area contributed by atoms with Crippen LogP contribution in [0.5, 0.6) is 0 Å². The highest BCUT2D eigenvalue weighted by molar-refractivity contribution is 5.84. The summed E-state index contributed by atoms with van der Waals surface area (Å²) in [7, 11) is 0. The molecule has 0 aromatic rings. The van der Waals surface area contributed by atoms with Crippen molar-refractivity contribution in [1.29, 1.82) is 0 Å². The van der Waals surface area contributed by atoms with Crippen molar-refractivity contribution >= 4 is 11.8 Å². The van der Waals surface area contributed by atoms with Crippen molar-refractivity contribution < 1.29 is 9.59 Å². The smallest absolute Gasteiger partial charge is 0.234 e. The van der Waals surface area contributed by atoms with E-state index in [0.717, 1.165) is 69.4 Å². The molecule has 1 saturated heterocycles. The summed E-state index contributed by atoms with van der Waals surface area (Å²) in [5.74, 6) is 3.03. The van der Waals surface area contributed by atoms with E-state index in [1.165, 1.54) is 12.8 Å². The molecule has 6 rings (SSSR count). The van der Waals surface area contributed by atoms with Crippen LogP contribution >= 0.6 is 0 Å². The van der Waals surface area contributed by atoms with Gasteiger partial charge in [0, 0.05) is 17.0 Å². The highest BCUT2D eigenvalue weighted by Crippen LogP contribution is 2.64. The Morgan fingerprint density at radius 2 is 1.64 bits per heavy atom. The normalized spacial score (nSPS) is 40.7. The van der Waals surface area contributed by atoms with Crippen molar-refractivity contribution in [3.05, 3.63) is 0 Å². The molecule has 5 aliphatic carbocycles. The molecule has 4 bridgehead atoms. The molecule has 2 N–H and O–H groups in total. The molecule has 1 spiro atoms. The summed E-state index contributed by atoms with van der Waals surface area (Å²) in [4.78, 5) is 27.6. The van der Waals surface area contributed by atoms with Crippen LogP contribution in [0.2, 0.25) is 0 Å². The maximum absolute atomic E-state index is 13.2. The van der Waals surface area contributed by atoms with Crippen LogP contribution in [0.4, 0.5) is 0 Å². The molecule has 28 heavy (non-hydrogen) atoms. The molecule has 156 valence electrons. The lowest BCUT2D eigenvalue weighted by Gasteiger charge is -2.37. The molecule has 0 aromatic carbocycles. The predicted octanol–water partition coefficient (Wildman–Crippen LogP) is 2.70. The number of rotatable bonds is 4. The van der Waals surface area contributed by atoms with Crippen molar-refractivity contribution in [2.75, 3.05) is 19.6 Å². The maximum Gasteiger partial charge on any atom is 0.234 e. The van der Waals surface area contributed by atoms with Crippen LogP contribution in [0.3, 0.4) is 0 Å². The Hall–Kier alpha value is -1.10. The van der Waals surface area contributed by atoms with Gasteiger partial charge in [0.2, 0.25) is 11.8 Å². The Bertz CT molecular complexity index is 654. The molecule has 3 unspecified atom stereocenters. The number of amides is 2. The minimum atomic E-state index is -0.168. The van der Waals surface area contributed by atoms with E-state index in [-0.39, 0.29) is 16.9 Å². The number of piperidine rings is 1. The van der Waals surface area contributed by atoms with E-state index in [9.17, 15) is 9.59 Å². The predicted molar refractivity (Wildman–Crippen MR) is 109 cm³/mol. The van der Waals surface area contributed by atoms with Gasteiger partial charge in [-0.25, -0.2) is 0 Å². The second kappa shape index (κ2) is 6.20. The van der Waals surface area contributed by atoms with Gasteiger partial charge in [0.25, 0.3) is 0 Å². The topological polar surface area (TPSA) is 61.4 Å². The van der Waals surface area contributed by atoms with Gasteiger partial charge in [0.05, 0.1) is 6.54 Å². The van der Waals surface area contributed by atoms with Crippen LogP contribution in [0.25, 0.3) is 0 Å². The molecule has 1 heterocycles. The van der Waals surface area contributed by atoms with E-state index in [2.05, 4.69) is 15.5 Å². The van der Waals surface area contributed by atoms with Crippen molar-refractivity contribution in [2.24, 2.45) is 28.6 Å². The van der Waals surface area contributed by atoms with Crippen molar-refractivity contribution in [2.45, 2.75) is 83.7 Å². The van der Waals surface area contributed by atoms with Gasteiger partial charge < -0.3 is 10.6 Å². The number of hydrogen-bond donors (Lipinski definition) is 2. The second-order valence-electron chi connectivity index (χ2n) is 11.9. The Balaban J connectivity index is 1.10. The number of hydrogen-bond acceptors (Lipinski definition) is 3. The van der Waals surface area contributed by atoms with E-state index < -0.39 is 0 Å². The molecule has 5 heteroatoms. The number of likely N-dealkylation sites (tertiary alicyclic amines) is 1. The summed E-state index contributed by atoms with van der Waals surface area (Å²) in [6, 6.07) is 0.386. The number of nitrogens with one attached hydrogen (secondary N) is 2. The fourth-order valence-electron chi connectivity index (χ4n) is 7.32. The molecule has 3 atom stereocenters. The third kappa shape index (κ3) is 3.28. The van der Waals surface area contributed by atoms with Gasteiger partial charge in [0.15, 0.2) is 0 Å². The summed E-state index contributed by atoms with van der Waals surface area (Å²) in [6.45, 7) is 8.51. The summed E-state index contributed by atoms with van der Waals surface area (Å²) in [6.07, 6.45) is 9.64. The lowest BCUT2D eigenvalue weighted by atomic mass is 9.69. The van der Waals surface area contributed by atoms with Crippen LogP contribution in [-0.4, -0.2) is 47.9 Å². The van der Waals surface area contributed by atoms with E-state index in [1.54, 1.807) is 0 Å². The van der Waals surface area contributed by atoms with E-state index in [0.29, 0.717) is 23.9 Å². The first kappa shape index (κ1) is 18.9. The minimum absolute atomic E-state index is 0.00791. The number of nitrogens with zero attached hydrogens (tertiary/aromatic N) is 1. The summed E-state index contributed by atoms with van der Waals surface area (Å²) >= 11 is 0. The first-order valence-electron chi connectivity index (χ1n) is 11.5. The summed E-state index contributed by atoms with van der Waals surface area (Å²) < 4.78 is 0. The van der Waals surface area contributed by atoms with E-state index >= 15 is 0 Å². The Morgan fingerprint density at radius 1 is 1.00 bits per heavy atom. The van der Waals surface area contributed by atoms with E-state index in [1.807, 2.05) is 20.8 Å². The molecule has 0 aromatic heterocycles. The Labute approximate surface area is 169 Å². The molecule has 5 saturated carbocycles. The zero-order valence-corrected chi connectivity index (χ0v) is 17.9. The van der Waals surface area contributed by atoms with E-state index in [4.69, 9.17) is 0 Å². The van der Waals surface area contributed by atoms with Crippen LogP contribution < -0.4 is 10.6 Å². The highest BCUT2D eigenvalue weighted by atomic mass is 16.2. The van der Waals surface area contributed by atoms with Crippen LogP contribution in [0.15, 0.2) is 0 Å². The van der Waals surface area contributed by atoms with Gasteiger partial charge in [-0.15, -0.1) is 0 Å². The number of carbonyl (C=O) groups is 2. The lowest BCUT2D eigenvalue weighted by Crippen LogP contribution is -2.49. The molecule has 6 fully saturated rings. The van der Waals surface area contributed by atoms with Crippen molar-refractivity contribution in [1.82, 2.24) is 15.5 Å². The van der Waals surface area contributed by atoms with Gasteiger partial charge in [-0.2, -0.15) is 0 Å². The summed E-state index contributed by atoms with van der Waals surface area (Å²) in [5, 5.41) is 6.55. The molecular formula is C23H37N3O2. The van der Waals surface area contributed by atoms with Crippen molar-refractivity contribution in [3.63, 3.8) is 0 Å². The third-order valence-electron chi connectivity index (χ3n) is 8.63. The average molecular weight is 388 g/mol.